The highest BCUT2D eigenvalue weighted by molar-refractivity contribution is 6.35. The minimum Gasteiger partial charge on any atom is -0.335 e. The van der Waals surface area contributed by atoms with Crippen LogP contribution in [0.15, 0.2) is 30.6 Å². The fraction of sp³-hybridized carbons (Fsp3) is 0.286. The van der Waals surface area contributed by atoms with Crippen molar-refractivity contribution in [1.82, 2.24) is 9.55 Å². The quantitative estimate of drug-likeness (QED) is 0.781. The van der Waals surface area contributed by atoms with Gasteiger partial charge in [0.1, 0.15) is 5.82 Å². The molecule has 1 aromatic heterocycles. The molecule has 19 heavy (non-hydrogen) atoms. The van der Waals surface area contributed by atoms with Gasteiger partial charge in [0.2, 0.25) is 0 Å². The maximum Gasteiger partial charge on any atom is 0.171 e. The topological polar surface area (TPSA) is 34.9 Å². The Morgan fingerprint density at radius 1 is 1.37 bits per heavy atom. The largest absolute Gasteiger partial charge is 0.335 e. The third-order valence-corrected chi connectivity index (χ3v) is 3.38. The monoisotopic (exact) mass is 296 g/mol. The minimum absolute atomic E-state index is 0.0731. The molecule has 0 aliphatic heterocycles. The average molecular weight is 297 g/mol. The number of nitrogens with zero attached hydrogens (tertiary/aromatic N) is 2. The lowest BCUT2D eigenvalue weighted by Crippen LogP contribution is -2.10. The van der Waals surface area contributed by atoms with Gasteiger partial charge >= 0.3 is 0 Å². The van der Waals surface area contributed by atoms with E-state index in [0.29, 0.717) is 15.6 Å². The van der Waals surface area contributed by atoms with Gasteiger partial charge in [-0.1, -0.05) is 30.1 Å². The number of benzene rings is 1. The number of Topliss-reactive ketones (excluding diaryl/α,β-unsaturated/α-hetero) is 1. The number of rotatable bonds is 5. The summed E-state index contributed by atoms with van der Waals surface area (Å²) in [6, 6.07) is 4.90. The molecule has 2 aromatic rings. The Kier molecular flexibility index (Phi) is 4.61. The molecule has 2 rings (SSSR count). The van der Waals surface area contributed by atoms with Crippen LogP contribution in [-0.4, -0.2) is 15.3 Å². The van der Waals surface area contributed by atoms with E-state index in [2.05, 4.69) is 11.9 Å². The van der Waals surface area contributed by atoms with Crippen molar-refractivity contribution in [2.45, 2.75) is 26.3 Å². The zero-order chi connectivity index (χ0) is 13.8. The van der Waals surface area contributed by atoms with Crippen molar-refractivity contribution >= 4 is 29.0 Å². The first kappa shape index (κ1) is 14.1. The minimum atomic E-state index is -0.0731. The third-order valence-electron chi connectivity index (χ3n) is 2.81. The first-order valence-corrected chi connectivity index (χ1v) is 6.85. The lowest BCUT2D eigenvalue weighted by molar-refractivity contribution is 0.0990. The molecule has 0 unspecified atom stereocenters. The molecule has 0 amide bonds. The fourth-order valence-corrected chi connectivity index (χ4v) is 2.30. The predicted octanol–water partition coefficient (Wildman–Crippen LogP) is 4.03. The molecular weight excluding hydrogens is 283 g/mol. The molecule has 0 aliphatic rings. The Morgan fingerprint density at radius 2 is 2.16 bits per heavy atom. The Hall–Kier alpha value is -1.32. The number of hydrogen-bond donors (Lipinski definition) is 0. The van der Waals surface area contributed by atoms with Crippen LogP contribution in [0.5, 0.6) is 0 Å². The molecule has 0 saturated heterocycles. The second-order valence-corrected chi connectivity index (χ2v) is 5.10. The van der Waals surface area contributed by atoms with Gasteiger partial charge in [-0.05, 0) is 24.6 Å². The molecule has 100 valence electrons. The normalized spacial score (nSPS) is 10.7. The lowest BCUT2D eigenvalue weighted by Gasteiger charge is -2.07. The summed E-state index contributed by atoms with van der Waals surface area (Å²) in [6.07, 6.45) is 4.81. The molecule has 0 N–H and O–H groups in total. The zero-order valence-electron chi connectivity index (χ0n) is 10.6. The summed E-state index contributed by atoms with van der Waals surface area (Å²) in [6.45, 7) is 2.94. The highest BCUT2D eigenvalue weighted by Crippen LogP contribution is 2.22. The molecule has 0 fully saturated rings. The second kappa shape index (κ2) is 6.22. The molecule has 0 spiro atoms. The Labute approximate surface area is 122 Å². The van der Waals surface area contributed by atoms with Crippen molar-refractivity contribution < 1.29 is 4.79 Å². The van der Waals surface area contributed by atoms with Crippen molar-refractivity contribution in [3.05, 3.63) is 52.0 Å². The highest BCUT2D eigenvalue weighted by atomic mass is 35.5. The number of hydrogen-bond acceptors (Lipinski definition) is 2. The van der Waals surface area contributed by atoms with Crippen LogP contribution in [0.4, 0.5) is 0 Å². The smallest absolute Gasteiger partial charge is 0.171 e. The van der Waals surface area contributed by atoms with Gasteiger partial charge in [-0.15, -0.1) is 0 Å². The SMILES string of the molecule is CCCn1ccnc1CC(=O)c1cc(Cl)ccc1Cl. The third kappa shape index (κ3) is 3.37. The van der Waals surface area contributed by atoms with Crippen molar-refractivity contribution in [3.8, 4) is 0 Å². The van der Waals surface area contributed by atoms with E-state index in [1.165, 1.54) is 0 Å². The van der Waals surface area contributed by atoms with E-state index < -0.39 is 0 Å². The summed E-state index contributed by atoms with van der Waals surface area (Å²) < 4.78 is 1.98. The number of carbonyl (C=O) groups excluding carboxylic acids is 1. The fourth-order valence-electron chi connectivity index (χ4n) is 1.90. The Morgan fingerprint density at radius 3 is 2.89 bits per heavy atom. The van der Waals surface area contributed by atoms with E-state index in [9.17, 15) is 4.79 Å². The van der Waals surface area contributed by atoms with Crippen molar-refractivity contribution in [2.24, 2.45) is 0 Å². The second-order valence-electron chi connectivity index (χ2n) is 4.26. The van der Waals surface area contributed by atoms with Crippen molar-refractivity contribution in [3.63, 3.8) is 0 Å². The number of imidazole rings is 1. The van der Waals surface area contributed by atoms with Gasteiger partial charge in [0.05, 0.1) is 11.4 Å². The van der Waals surface area contributed by atoms with Crippen LogP contribution in [0.25, 0.3) is 0 Å². The number of ketones is 1. The van der Waals surface area contributed by atoms with E-state index in [1.807, 2.05) is 10.8 Å². The first-order valence-electron chi connectivity index (χ1n) is 6.10. The van der Waals surface area contributed by atoms with E-state index in [1.54, 1.807) is 24.4 Å². The van der Waals surface area contributed by atoms with Gasteiger partial charge < -0.3 is 4.57 Å². The summed E-state index contributed by atoms with van der Waals surface area (Å²) in [7, 11) is 0. The van der Waals surface area contributed by atoms with E-state index in [-0.39, 0.29) is 12.2 Å². The van der Waals surface area contributed by atoms with E-state index >= 15 is 0 Å². The number of halogens is 2. The maximum absolute atomic E-state index is 12.2. The zero-order valence-corrected chi connectivity index (χ0v) is 12.1. The van der Waals surface area contributed by atoms with E-state index in [0.717, 1.165) is 18.8 Å². The molecule has 1 aromatic carbocycles. The van der Waals surface area contributed by atoms with Crippen LogP contribution in [-0.2, 0) is 13.0 Å². The maximum atomic E-state index is 12.2. The molecule has 3 nitrogen and oxygen atoms in total. The average Bonchev–Trinajstić information content (AvgIpc) is 2.80. The van der Waals surface area contributed by atoms with Crippen LogP contribution in [0.3, 0.4) is 0 Å². The lowest BCUT2D eigenvalue weighted by atomic mass is 10.1. The summed E-state index contributed by atoms with van der Waals surface area (Å²) in [5.74, 6) is 0.680. The molecular formula is C14H14Cl2N2O. The van der Waals surface area contributed by atoms with Crippen molar-refractivity contribution in [1.29, 1.82) is 0 Å². The van der Waals surface area contributed by atoms with Crippen LogP contribution >= 0.6 is 23.2 Å². The molecule has 1 heterocycles. The van der Waals surface area contributed by atoms with Gasteiger partial charge in [0.25, 0.3) is 0 Å². The van der Waals surface area contributed by atoms with Crippen LogP contribution in [0, 0.1) is 0 Å². The summed E-state index contributed by atoms with van der Waals surface area (Å²) >= 11 is 11.9. The molecule has 5 heteroatoms. The van der Waals surface area contributed by atoms with Gasteiger partial charge in [-0.3, -0.25) is 4.79 Å². The van der Waals surface area contributed by atoms with Gasteiger partial charge in [-0.2, -0.15) is 0 Å². The van der Waals surface area contributed by atoms with Gasteiger partial charge in [0.15, 0.2) is 5.78 Å². The first-order chi connectivity index (χ1) is 9.11. The molecule has 0 atom stereocenters. The number of carbonyl (C=O) groups is 1. The van der Waals surface area contributed by atoms with Gasteiger partial charge in [-0.25, -0.2) is 4.98 Å². The van der Waals surface area contributed by atoms with Crippen LogP contribution in [0.1, 0.15) is 29.5 Å². The predicted molar refractivity (Wildman–Crippen MR) is 77.0 cm³/mol. The van der Waals surface area contributed by atoms with Crippen LogP contribution < -0.4 is 0 Å². The Balaban J connectivity index is 2.21. The summed E-state index contributed by atoms with van der Waals surface area (Å²) in [5, 5.41) is 0.924. The number of aromatic nitrogens is 2. The van der Waals surface area contributed by atoms with Gasteiger partial charge in [0, 0.05) is 29.5 Å². The summed E-state index contributed by atoms with van der Waals surface area (Å²) in [4.78, 5) is 16.5. The molecule has 0 bridgehead atoms. The Bertz CT molecular complexity index is 593. The molecule has 0 saturated carbocycles. The standard InChI is InChI=1S/C14H14Cl2N2O/c1-2-6-18-7-5-17-14(18)9-13(19)11-8-10(15)3-4-12(11)16/h3-5,7-8H,2,6,9H2,1H3. The van der Waals surface area contributed by atoms with E-state index in [4.69, 9.17) is 23.2 Å². The van der Waals surface area contributed by atoms with Crippen molar-refractivity contribution in [2.75, 3.05) is 0 Å². The van der Waals surface area contributed by atoms with Crippen LogP contribution in [0.2, 0.25) is 10.0 Å². The number of aryl methyl sites for hydroxylation is 1. The molecule has 0 radical (unpaired) electrons. The summed E-state index contributed by atoms with van der Waals surface area (Å²) in [5.41, 5.74) is 0.445. The molecule has 0 aliphatic carbocycles. The highest BCUT2D eigenvalue weighted by Gasteiger charge is 2.14.